The van der Waals surface area contributed by atoms with E-state index in [0.717, 1.165) is 11.3 Å². The van der Waals surface area contributed by atoms with E-state index in [1.54, 1.807) is 0 Å². The molecule has 0 aromatic heterocycles. The molecule has 0 aliphatic carbocycles. The van der Waals surface area contributed by atoms with Crippen molar-refractivity contribution in [2.45, 2.75) is 31.1 Å². The molecule has 76 valence electrons. The standard InChI is InChI=1S/C10H19NS2/c1-9-8-11(4-7-13-9)10-2-5-12-6-3-10/h9-10H,2-8H2,1H3. The molecular weight excluding hydrogens is 198 g/mol. The zero-order chi connectivity index (χ0) is 9.10. The molecule has 2 aliphatic rings. The first-order chi connectivity index (χ1) is 6.36. The minimum absolute atomic E-state index is 0.864. The molecule has 1 atom stereocenters. The topological polar surface area (TPSA) is 3.24 Å². The molecule has 2 heterocycles. The van der Waals surface area contributed by atoms with Crippen LogP contribution in [0.4, 0.5) is 0 Å². The molecule has 13 heavy (non-hydrogen) atoms. The largest absolute Gasteiger partial charge is 0.298 e. The van der Waals surface area contributed by atoms with Crippen LogP contribution in [-0.4, -0.2) is 46.5 Å². The highest BCUT2D eigenvalue weighted by Gasteiger charge is 2.25. The first-order valence-electron chi connectivity index (χ1n) is 5.29. The minimum atomic E-state index is 0.864. The number of hydrogen-bond donors (Lipinski definition) is 0. The van der Waals surface area contributed by atoms with Gasteiger partial charge in [-0.15, -0.1) is 0 Å². The lowest BCUT2D eigenvalue weighted by atomic mass is 10.1. The van der Waals surface area contributed by atoms with Gasteiger partial charge in [0.1, 0.15) is 0 Å². The van der Waals surface area contributed by atoms with Gasteiger partial charge in [0.2, 0.25) is 0 Å². The highest BCUT2D eigenvalue weighted by Crippen LogP contribution is 2.26. The van der Waals surface area contributed by atoms with Gasteiger partial charge in [0.05, 0.1) is 0 Å². The number of thioether (sulfide) groups is 2. The average Bonchev–Trinajstić information content (AvgIpc) is 2.19. The fourth-order valence-corrected chi connectivity index (χ4v) is 4.35. The number of hydrogen-bond acceptors (Lipinski definition) is 3. The number of rotatable bonds is 1. The predicted octanol–water partition coefficient (Wildman–Crippen LogP) is 2.32. The zero-order valence-corrected chi connectivity index (χ0v) is 10.0. The van der Waals surface area contributed by atoms with Crippen LogP contribution < -0.4 is 0 Å². The second kappa shape index (κ2) is 4.94. The quantitative estimate of drug-likeness (QED) is 0.663. The highest BCUT2D eigenvalue weighted by molar-refractivity contribution is 8.00. The Hall–Kier alpha value is 0.660. The minimum Gasteiger partial charge on any atom is -0.298 e. The molecule has 0 amide bonds. The molecule has 2 saturated heterocycles. The van der Waals surface area contributed by atoms with E-state index in [9.17, 15) is 0 Å². The normalized spacial score (nSPS) is 33.5. The summed E-state index contributed by atoms with van der Waals surface area (Å²) >= 11 is 4.27. The van der Waals surface area contributed by atoms with E-state index in [1.165, 1.54) is 43.2 Å². The van der Waals surface area contributed by atoms with Gasteiger partial charge in [0, 0.05) is 30.1 Å². The lowest BCUT2D eigenvalue weighted by molar-refractivity contribution is 0.194. The first kappa shape index (κ1) is 10.2. The van der Waals surface area contributed by atoms with Crippen molar-refractivity contribution in [2.75, 3.05) is 30.3 Å². The maximum Gasteiger partial charge on any atom is 0.0147 e. The molecule has 2 fully saturated rings. The van der Waals surface area contributed by atoms with Crippen LogP contribution in [0.25, 0.3) is 0 Å². The van der Waals surface area contributed by atoms with E-state index < -0.39 is 0 Å². The van der Waals surface area contributed by atoms with Crippen molar-refractivity contribution in [3.8, 4) is 0 Å². The summed E-state index contributed by atoms with van der Waals surface area (Å²) in [6.45, 7) is 5.04. The Morgan fingerprint density at radius 1 is 1.15 bits per heavy atom. The van der Waals surface area contributed by atoms with Gasteiger partial charge in [0.15, 0.2) is 0 Å². The first-order valence-corrected chi connectivity index (χ1v) is 7.50. The molecular formula is C10H19NS2. The van der Waals surface area contributed by atoms with Crippen LogP contribution in [0.3, 0.4) is 0 Å². The summed E-state index contributed by atoms with van der Waals surface area (Å²) in [5, 5.41) is 0.864. The molecule has 0 bridgehead atoms. The van der Waals surface area contributed by atoms with Gasteiger partial charge in [0.25, 0.3) is 0 Å². The van der Waals surface area contributed by atoms with Gasteiger partial charge >= 0.3 is 0 Å². The monoisotopic (exact) mass is 217 g/mol. The third kappa shape index (κ3) is 2.80. The molecule has 2 aliphatic heterocycles. The van der Waals surface area contributed by atoms with E-state index in [0.29, 0.717) is 0 Å². The molecule has 0 aromatic carbocycles. The Balaban J connectivity index is 1.83. The van der Waals surface area contributed by atoms with Crippen LogP contribution in [-0.2, 0) is 0 Å². The second-order valence-corrected chi connectivity index (χ2v) is 6.79. The van der Waals surface area contributed by atoms with Gasteiger partial charge in [-0.25, -0.2) is 0 Å². The van der Waals surface area contributed by atoms with Crippen molar-refractivity contribution in [1.82, 2.24) is 4.90 Å². The van der Waals surface area contributed by atoms with Crippen LogP contribution in [0.15, 0.2) is 0 Å². The number of nitrogens with zero attached hydrogens (tertiary/aromatic N) is 1. The van der Waals surface area contributed by atoms with Crippen LogP contribution in [0.5, 0.6) is 0 Å². The van der Waals surface area contributed by atoms with Crippen molar-refractivity contribution in [3.63, 3.8) is 0 Å². The second-order valence-electron chi connectivity index (χ2n) is 4.02. The van der Waals surface area contributed by atoms with Crippen LogP contribution in [0.2, 0.25) is 0 Å². The molecule has 1 nitrogen and oxygen atoms in total. The van der Waals surface area contributed by atoms with Gasteiger partial charge < -0.3 is 0 Å². The van der Waals surface area contributed by atoms with Gasteiger partial charge in [-0.05, 0) is 24.3 Å². The van der Waals surface area contributed by atoms with Gasteiger partial charge in [-0.3, -0.25) is 4.90 Å². The molecule has 1 unspecified atom stereocenters. The average molecular weight is 217 g/mol. The summed E-state index contributed by atoms with van der Waals surface area (Å²) in [7, 11) is 0. The molecule has 2 rings (SSSR count). The molecule has 0 aromatic rings. The third-order valence-electron chi connectivity index (χ3n) is 2.98. The molecule has 0 radical (unpaired) electrons. The maximum absolute atomic E-state index is 2.74. The molecule has 0 N–H and O–H groups in total. The van der Waals surface area contributed by atoms with E-state index in [1.807, 2.05) is 0 Å². The summed E-state index contributed by atoms with van der Waals surface area (Å²) in [6, 6.07) is 0.921. The predicted molar refractivity (Wildman–Crippen MR) is 63.8 cm³/mol. The Kier molecular flexibility index (Phi) is 3.87. The summed E-state index contributed by atoms with van der Waals surface area (Å²) in [6.07, 6.45) is 2.87. The van der Waals surface area contributed by atoms with E-state index in [4.69, 9.17) is 0 Å². The smallest absolute Gasteiger partial charge is 0.0147 e. The van der Waals surface area contributed by atoms with Crippen molar-refractivity contribution >= 4 is 23.5 Å². The molecule has 0 spiro atoms. The Morgan fingerprint density at radius 3 is 2.62 bits per heavy atom. The molecule has 0 saturated carbocycles. The van der Waals surface area contributed by atoms with Crippen LogP contribution in [0.1, 0.15) is 19.8 Å². The summed E-state index contributed by atoms with van der Waals surface area (Å²) in [5.41, 5.74) is 0. The van der Waals surface area contributed by atoms with Gasteiger partial charge in [-0.1, -0.05) is 6.92 Å². The Bertz CT molecular complexity index is 157. The summed E-state index contributed by atoms with van der Waals surface area (Å²) in [4.78, 5) is 2.74. The summed E-state index contributed by atoms with van der Waals surface area (Å²) < 4.78 is 0. The van der Waals surface area contributed by atoms with Gasteiger partial charge in [-0.2, -0.15) is 23.5 Å². The van der Waals surface area contributed by atoms with E-state index >= 15 is 0 Å². The lowest BCUT2D eigenvalue weighted by Gasteiger charge is -2.38. The third-order valence-corrected chi connectivity index (χ3v) is 5.16. The zero-order valence-electron chi connectivity index (χ0n) is 8.37. The highest BCUT2D eigenvalue weighted by atomic mass is 32.2. The lowest BCUT2D eigenvalue weighted by Crippen LogP contribution is -2.45. The van der Waals surface area contributed by atoms with Crippen LogP contribution in [0, 0.1) is 0 Å². The van der Waals surface area contributed by atoms with Crippen molar-refractivity contribution in [2.24, 2.45) is 0 Å². The SMILES string of the molecule is CC1CN(C2CCSCC2)CCS1. The Morgan fingerprint density at radius 2 is 1.92 bits per heavy atom. The fourth-order valence-electron chi connectivity index (χ4n) is 2.23. The van der Waals surface area contributed by atoms with E-state index in [2.05, 4.69) is 35.3 Å². The summed E-state index contributed by atoms with van der Waals surface area (Å²) in [5.74, 6) is 4.14. The Labute approximate surface area is 90.0 Å². The van der Waals surface area contributed by atoms with Crippen LogP contribution >= 0.6 is 23.5 Å². The van der Waals surface area contributed by atoms with Crippen molar-refractivity contribution in [1.29, 1.82) is 0 Å². The van der Waals surface area contributed by atoms with E-state index in [-0.39, 0.29) is 0 Å². The fraction of sp³-hybridized carbons (Fsp3) is 1.00. The van der Waals surface area contributed by atoms with Crippen molar-refractivity contribution in [3.05, 3.63) is 0 Å². The maximum atomic E-state index is 2.74. The van der Waals surface area contributed by atoms with Crippen molar-refractivity contribution < 1.29 is 0 Å². The molecule has 3 heteroatoms.